The zero-order valence-electron chi connectivity index (χ0n) is 22.8. The van der Waals surface area contributed by atoms with E-state index in [4.69, 9.17) is 26.7 Å². The van der Waals surface area contributed by atoms with Gasteiger partial charge in [0.2, 0.25) is 5.91 Å². The van der Waals surface area contributed by atoms with Crippen molar-refractivity contribution in [3.05, 3.63) is 77.5 Å². The number of piperazine rings is 1. The molecule has 6 rings (SSSR count). The van der Waals surface area contributed by atoms with E-state index in [-0.39, 0.29) is 11.7 Å². The second-order valence-corrected chi connectivity index (χ2v) is 11.4. The fraction of sp³-hybridized carbons (Fsp3) is 0.419. The quantitative estimate of drug-likeness (QED) is 0.270. The van der Waals surface area contributed by atoms with Gasteiger partial charge in [0.15, 0.2) is 5.65 Å². The summed E-state index contributed by atoms with van der Waals surface area (Å²) in [6.45, 7) is 4.36. The Labute approximate surface area is 239 Å². The Bertz CT molecular complexity index is 1480. The first-order valence-electron chi connectivity index (χ1n) is 14.2. The van der Waals surface area contributed by atoms with Crippen molar-refractivity contribution in [2.24, 2.45) is 5.92 Å². The molecule has 3 heterocycles. The fourth-order valence-corrected chi connectivity index (χ4v) is 6.28. The molecule has 2 aromatic carbocycles. The summed E-state index contributed by atoms with van der Waals surface area (Å²) in [5.41, 5.74) is 3.13. The Morgan fingerprint density at radius 3 is 2.38 bits per heavy atom. The lowest BCUT2D eigenvalue weighted by Gasteiger charge is -2.36. The Balaban J connectivity index is 1.30. The number of halogens is 2. The average molecular weight is 561 g/mol. The molecule has 9 heteroatoms. The van der Waals surface area contributed by atoms with Crippen molar-refractivity contribution >= 4 is 34.4 Å². The number of benzene rings is 2. The third-order valence-corrected chi connectivity index (χ3v) is 8.64. The van der Waals surface area contributed by atoms with Gasteiger partial charge in [-0.1, -0.05) is 62.4 Å². The summed E-state index contributed by atoms with van der Waals surface area (Å²) in [7, 11) is 0. The molecule has 0 N–H and O–H groups in total. The summed E-state index contributed by atoms with van der Waals surface area (Å²) in [5, 5.41) is 5.02. The standard InChI is InChI=1S/C31H34ClFN6O/c1-21-27-29(37-16-18-38(19-17-37)31(40)28(32)23-10-6-3-7-11-23)34-26(20-22-8-4-2-5-9-22)35-30(27)39(36-21)25-14-12-24(33)13-15-25/h3,6-7,10-15,22,28H,2,4-5,8-9,16-20H2,1H3. The van der Waals surface area contributed by atoms with Crippen LogP contribution in [0.15, 0.2) is 54.6 Å². The third-order valence-electron chi connectivity index (χ3n) is 8.20. The molecule has 2 aliphatic rings. The molecule has 40 heavy (non-hydrogen) atoms. The molecule has 1 saturated heterocycles. The van der Waals surface area contributed by atoms with Gasteiger partial charge in [-0.05, 0) is 42.7 Å². The van der Waals surface area contributed by atoms with E-state index >= 15 is 0 Å². The summed E-state index contributed by atoms with van der Waals surface area (Å²) in [6.07, 6.45) is 7.05. The number of aromatic nitrogens is 4. The van der Waals surface area contributed by atoms with Crippen molar-refractivity contribution in [2.45, 2.75) is 50.8 Å². The van der Waals surface area contributed by atoms with Crippen molar-refractivity contribution < 1.29 is 9.18 Å². The van der Waals surface area contributed by atoms with Crippen molar-refractivity contribution in [1.29, 1.82) is 0 Å². The number of nitrogens with zero attached hydrogens (tertiary/aromatic N) is 6. The highest BCUT2D eigenvalue weighted by atomic mass is 35.5. The number of fused-ring (bicyclic) bond motifs is 1. The van der Waals surface area contributed by atoms with Crippen molar-refractivity contribution in [1.82, 2.24) is 24.6 Å². The first-order chi connectivity index (χ1) is 19.5. The van der Waals surface area contributed by atoms with Crippen LogP contribution in [-0.4, -0.2) is 56.7 Å². The highest BCUT2D eigenvalue weighted by Gasteiger charge is 2.30. The van der Waals surface area contributed by atoms with Gasteiger partial charge in [0.05, 0.1) is 16.8 Å². The molecular formula is C31H34ClFN6O. The number of alkyl halides is 1. The van der Waals surface area contributed by atoms with Gasteiger partial charge in [0.1, 0.15) is 22.8 Å². The highest BCUT2D eigenvalue weighted by molar-refractivity contribution is 6.30. The molecule has 2 aromatic heterocycles. The molecule has 1 aliphatic heterocycles. The molecule has 1 amide bonds. The van der Waals surface area contributed by atoms with Crippen LogP contribution in [0.5, 0.6) is 0 Å². The van der Waals surface area contributed by atoms with E-state index in [0.29, 0.717) is 32.1 Å². The zero-order valence-corrected chi connectivity index (χ0v) is 23.5. The van der Waals surface area contributed by atoms with Crippen LogP contribution in [0.25, 0.3) is 16.7 Å². The maximum atomic E-state index is 13.7. The van der Waals surface area contributed by atoms with Crippen molar-refractivity contribution in [3.8, 4) is 5.69 Å². The van der Waals surface area contributed by atoms with Gasteiger partial charge in [0, 0.05) is 32.6 Å². The second-order valence-electron chi connectivity index (χ2n) is 10.9. The van der Waals surface area contributed by atoms with Crippen LogP contribution < -0.4 is 4.90 Å². The molecule has 2 fully saturated rings. The number of anilines is 1. The van der Waals surface area contributed by atoms with Gasteiger partial charge in [-0.15, -0.1) is 11.6 Å². The normalized spacial score (nSPS) is 17.4. The number of hydrogen-bond acceptors (Lipinski definition) is 5. The van der Waals surface area contributed by atoms with Gasteiger partial charge in [0.25, 0.3) is 0 Å². The second kappa shape index (κ2) is 11.5. The maximum Gasteiger partial charge on any atom is 0.245 e. The predicted octanol–water partition coefficient (Wildman–Crippen LogP) is 6.01. The summed E-state index contributed by atoms with van der Waals surface area (Å²) in [5.74, 6) is 1.90. The van der Waals surface area contributed by atoms with Gasteiger partial charge in [-0.3, -0.25) is 4.79 Å². The minimum Gasteiger partial charge on any atom is -0.352 e. The van der Waals surface area contributed by atoms with E-state index in [2.05, 4.69) is 4.90 Å². The molecular weight excluding hydrogens is 527 g/mol. The topological polar surface area (TPSA) is 67.2 Å². The SMILES string of the molecule is Cc1nn(-c2ccc(F)cc2)c2nc(CC3CCCCC3)nc(N3CCN(C(=O)C(Cl)c4ccccc4)CC3)c12. The summed E-state index contributed by atoms with van der Waals surface area (Å²) in [4.78, 5) is 27.4. The third kappa shape index (κ3) is 5.42. The van der Waals surface area contributed by atoms with Crippen LogP contribution in [0.2, 0.25) is 0 Å². The minimum atomic E-state index is -0.697. The zero-order chi connectivity index (χ0) is 27.6. The van der Waals surface area contributed by atoms with E-state index in [0.717, 1.165) is 46.0 Å². The van der Waals surface area contributed by atoms with Crippen LogP contribution in [-0.2, 0) is 11.2 Å². The van der Waals surface area contributed by atoms with Crippen LogP contribution in [0.4, 0.5) is 10.2 Å². The summed E-state index contributed by atoms with van der Waals surface area (Å²) < 4.78 is 15.5. The number of rotatable bonds is 6. The molecule has 208 valence electrons. The number of aryl methyl sites for hydroxylation is 1. The molecule has 0 spiro atoms. The Morgan fingerprint density at radius 1 is 0.975 bits per heavy atom. The lowest BCUT2D eigenvalue weighted by molar-refractivity contribution is -0.131. The Hall–Kier alpha value is -3.52. The van der Waals surface area contributed by atoms with Gasteiger partial charge < -0.3 is 9.80 Å². The van der Waals surface area contributed by atoms with Gasteiger partial charge in [-0.25, -0.2) is 19.0 Å². The number of carbonyl (C=O) groups excluding carboxylic acids is 1. The molecule has 0 bridgehead atoms. The number of hydrogen-bond donors (Lipinski definition) is 0. The Morgan fingerprint density at radius 2 is 1.68 bits per heavy atom. The lowest BCUT2D eigenvalue weighted by Crippen LogP contribution is -2.50. The number of carbonyl (C=O) groups is 1. The summed E-state index contributed by atoms with van der Waals surface area (Å²) in [6, 6.07) is 15.8. The molecule has 1 saturated carbocycles. The first kappa shape index (κ1) is 26.7. The van der Waals surface area contributed by atoms with Gasteiger partial charge in [-0.2, -0.15) is 5.10 Å². The Kier molecular flexibility index (Phi) is 7.69. The molecule has 1 atom stereocenters. The van der Waals surface area contributed by atoms with Crippen LogP contribution in [0.1, 0.15) is 54.6 Å². The molecule has 0 radical (unpaired) electrons. The average Bonchev–Trinajstić information content (AvgIpc) is 3.33. The molecule has 4 aromatic rings. The van der Waals surface area contributed by atoms with E-state index in [1.807, 2.05) is 42.2 Å². The maximum absolute atomic E-state index is 13.7. The van der Waals surface area contributed by atoms with Crippen molar-refractivity contribution in [3.63, 3.8) is 0 Å². The first-order valence-corrected chi connectivity index (χ1v) is 14.7. The molecule has 1 aliphatic carbocycles. The molecule has 7 nitrogen and oxygen atoms in total. The summed E-state index contributed by atoms with van der Waals surface area (Å²) >= 11 is 6.57. The number of amides is 1. The van der Waals surface area contributed by atoms with Crippen LogP contribution >= 0.6 is 11.6 Å². The van der Waals surface area contributed by atoms with Crippen LogP contribution in [0.3, 0.4) is 0 Å². The highest BCUT2D eigenvalue weighted by Crippen LogP contribution is 2.33. The van der Waals surface area contributed by atoms with E-state index < -0.39 is 5.38 Å². The fourth-order valence-electron chi connectivity index (χ4n) is 6.00. The van der Waals surface area contributed by atoms with E-state index in [9.17, 15) is 9.18 Å². The van der Waals surface area contributed by atoms with E-state index in [1.165, 1.54) is 44.2 Å². The monoisotopic (exact) mass is 560 g/mol. The lowest BCUT2D eigenvalue weighted by atomic mass is 9.87. The van der Waals surface area contributed by atoms with Gasteiger partial charge >= 0.3 is 0 Å². The molecule has 1 unspecified atom stereocenters. The van der Waals surface area contributed by atoms with Crippen LogP contribution in [0, 0.1) is 18.7 Å². The minimum absolute atomic E-state index is 0.0707. The van der Waals surface area contributed by atoms with E-state index in [1.54, 1.807) is 16.8 Å². The smallest absolute Gasteiger partial charge is 0.245 e. The van der Waals surface area contributed by atoms with Crippen molar-refractivity contribution in [2.75, 3.05) is 31.1 Å². The predicted molar refractivity (Wildman–Crippen MR) is 155 cm³/mol. The largest absolute Gasteiger partial charge is 0.352 e.